The van der Waals surface area contributed by atoms with Crippen molar-refractivity contribution in [2.45, 2.75) is 50.4 Å². The second-order valence-electron chi connectivity index (χ2n) is 7.34. The summed E-state index contributed by atoms with van der Waals surface area (Å²) in [5.74, 6) is -0.0732. The van der Waals surface area contributed by atoms with Crippen molar-refractivity contribution in [1.82, 2.24) is 15.6 Å². The van der Waals surface area contributed by atoms with E-state index in [0.29, 0.717) is 31.7 Å². The maximum Gasteiger partial charge on any atom is 0.251 e. The van der Waals surface area contributed by atoms with E-state index in [-0.39, 0.29) is 36.5 Å². The van der Waals surface area contributed by atoms with Crippen LogP contribution < -0.4 is 10.6 Å². The fraction of sp³-hybridized carbons (Fsp3) is 0.650. The van der Waals surface area contributed by atoms with Gasteiger partial charge in [-0.25, -0.2) is 0 Å². The Kier molecular flexibility index (Phi) is 7.76. The monoisotopic (exact) mass is 391 g/mol. The summed E-state index contributed by atoms with van der Waals surface area (Å²) in [6, 6.07) is 3.06. The highest BCUT2D eigenvalue weighted by atomic mass is 16.5. The Hall–Kier alpha value is -2.03. The molecule has 2 aliphatic rings. The van der Waals surface area contributed by atoms with Gasteiger partial charge in [-0.3, -0.25) is 14.6 Å². The second-order valence-corrected chi connectivity index (χ2v) is 7.34. The molecule has 28 heavy (non-hydrogen) atoms. The standard InChI is InChI=1S/C20H29N3O5/c24-13-18-17(23-20(26)14-3-8-21-9-4-14)2-1-16(28-18)5-10-22-19(25)15-6-11-27-12-7-15/h3-4,8-9,15-18,24H,1-2,5-7,10-13H2,(H,22,25)(H,23,26)/t16-,17+,18-/m1/s1. The Morgan fingerprint density at radius 2 is 1.89 bits per heavy atom. The molecule has 0 aromatic carbocycles. The minimum atomic E-state index is -0.448. The lowest BCUT2D eigenvalue weighted by Gasteiger charge is -2.36. The number of aliphatic hydroxyl groups excluding tert-OH is 1. The molecule has 1 aromatic heterocycles. The van der Waals surface area contributed by atoms with E-state index in [0.717, 1.165) is 25.7 Å². The molecule has 8 heteroatoms. The van der Waals surface area contributed by atoms with E-state index in [1.807, 2.05) is 0 Å². The lowest BCUT2D eigenvalue weighted by molar-refractivity contribution is -0.128. The maximum absolute atomic E-state index is 12.3. The number of rotatable bonds is 7. The zero-order valence-corrected chi connectivity index (χ0v) is 16.0. The van der Waals surface area contributed by atoms with Crippen LogP contribution >= 0.6 is 0 Å². The topological polar surface area (TPSA) is 110 Å². The van der Waals surface area contributed by atoms with Gasteiger partial charge in [-0.05, 0) is 44.2 Å². The zero-order valence-electron chi connectivity index (χ0n) is 16.0. The van der Waals surface area contributed by atoms with E-state index >= 15 is 0 Å². The average Bonchev–Trinajstić information content (AvgIpc) is 2.75. The molecule has 0 aliphatic carbocycles. The van der Waals surface area contributed by atoms with Crippen LogP contribution in [-0.4, -0.2) is 66.5 Å². The first-order valence-electron chi connectivity index (χ1n) is 10.00. The Morgan fingerprint density at radius 1 is 1.14 bits per heavy atom. The molecule has 0 saturated carbocycles. The lowest BCUT2D eigenvalue weighted by atomic mass is 9.96. The summed E-state index contributed by atoms with van der Waals surface area (Å²) in [7, 11) is 0. The number of carbonyl (C=O) groups is 2. The van der Waals surface area contributed by atoms with Crippen LogP contribution in [0, 0.1) is 5.92 Å². The van der Waals surface area contributed by atoms with E-state index < -0.39 is 6.10 Å². The first-order chi connectivity index (χ1) is 13.7. The van der Waals surface area contributed by atoms with Gasteiger partial charge >= 0.3 is 0 Å². The SMILES string of the molecule is O=C(N[C@H]1CC[C@H](CCNC(=O)C2CCOCC2)O[C@@H]1CO)c1ccncc1. The molecule has 3 atom stereocenters. The van der Waals surface area contributed by atoms with Gasteiger partial charge in [0.15, 0.2) is 0 Å². The number of hydrogen-bond acceptors (Lipinski definition) is 6. The summed E-state index contributed by atoms with van der Waals surface area (Å²) in [6.07, 6.45) is 6.38. The molecule has 2 fully saturated rings. The molecule has 3 N–H and O–H groups in total. The van der Waals surface area contributed by atoms with Crippen molar-refractivity contribution in [3.63, 3.8) is 0 Å². The maximum atomic E-state index is 12.3. The Morgan fingerprint density at radius 3 is 2.61 bits per heavy atom. The van der Waals surface area contributed by atoms with Crippen molar-refractivity contribution >= 4 is 11.8 Å². The van der Waals surface area contributed by atoms with Crippen LogP contribution in [-0.2, 0) is 14.3 Å². The second kappa shape index (κ2) is 10.5. The van der Waals surface area contributed by atoms with Gasteiger partial charge in [-0.1, -0.05) is 0 Å². The molecule has 0 unspecified atom stereocenters. The molecule has 3 rings (SSSR count). The lowest BCUT2D eigenvalue weighted by Crippen LogP contribution is -2.51. The van der Waals surface area contributed by atoms with Crippen molar-refractivity contribution in [2.24, 2.45) is 5.92 Å². The highest BCUT2D eigenvalue weighted by Crippen LogP contribution is 2.22. The van der Waals surface area contributed by atoms with Gasteiger partial charge in [0.25, 0.3) is 5.91 Å². The highest BCUT2D eigenvalue weighted by molar-refractivity contribution is 5.94. The fourth-order valence-electron chi connectivity index (χ4n) is 3.72. The molecule has 0 spiro atoms. The third-order valence-electron chi connectivity index (χ3n) is 5.41. The summed E-state index contributed by atoms with van der Waals surface area (Å²) in [6.45, 7) is 1.68. The normalized spacial score (nSPS) is 25.8. The van der Waals surface area contributed by atoms with Gasteiger partial charge in [0, 0.05) is 43.6 Å². The smallest absolute Gasteiger partial charge is 0.251 e. The number of pyridine rings is 1. The molecule has 8 nitrogen and oxygen atoms in total. The van der Waals surface area contributed by atoms with Crippen LogP contribution in [0.25, 0.3) is 0 Å². The predicted octanol–water partition coefficient (Wildman–Crippen LogP) is 0.653. The van der Waals surface area contributed by atoms with Crippen molar-refractivity contribution in [3.8, 4) is 0 Å². The summed E-state index contributed by atoms with van der Waals surface area (Å²) in [5, 5.41) is 15.6. The largest absolute Gasteiger partial charge is 0.394 e. The van der Waals surface area contributed by atoms with Crippen molar-refractivity contribution in [1.29, 1.82) is 0 Å². The number of carbonyl (C=O) groups excluding carboxylic acids is 2. The fourth-order valence-corrected chi connectivity index (χ4v) is 3.72. The van der Waals surface area contributed by atoms with Crippen LogP contribution in [0.5, 0.6) is 0 Å². The van der Waals surface area contributed by atoms with E-state index in [2.05, 4.69) is 15.6 Å². The van der Waals surface area contributed by atoms with E-state index in [9.17, 15) is 14.7 Å². The molecule has 0 bridgehead atoms. The van der Waals surface area contributed by atoms with Gasteiger partial charge in [-0.15, -0.1) is 0 Å². The highest BCUT2D eigenvalue weighted by Gasteiger charge is 2.32. The number of hydrogen-bond donors (Lipinski definition) is 3. The van der Waals surface area contributed by atoms with Crippen LogP contribution in [0.15, 0.2) is 24.5 Å². The van der Waals surface area contributed by atoms with Crippen LogP contribution in [0.4, 0.5) is 0 Å². The Labute approximate surface area is 165 Å². The summed E-state index contributed by atoms with van der Waals surface area (Å²) >= 11 is 0. The quantitative estimate of drug-likeness (QED) is 0.630. The number of aliphatic hydroxyl groups is 1. The molecule has 154 valence electrons. The number of aromatic nitrogens is 1. The number of nitrogens with zero attached hydrogens (tertiary/aromatic N) is 1. The van der Waals surface area contributed by atoms with Crippen molar-refractivity contribution in [2.75, 3.05) is 26.4 Å². The third-order valence-corrected chi connectivity index (χ3v) is 5.41. The minimum Gasteiger partial charge on any atom is -0.394 e. The van der Waals surface area contributed by atoms with Crippen LogP contribution in [0.3, 0.4) is 0 Å². The predicted molar refractivity (Wildman–Crippen MR) is 102 cm³/mol. The van der Waals surface area contributed by atoms with Crippen LogP contribution in [0.2, 0.25) is 0 Å². The molecular formula is C20H29N3O5. The molecule has 2 amide bonds. The van der Waals surface area contributed by atoms with Crippen molar-refractivity contribution in [3.05, 3.63) is 30.1 Å². The Balaban J connectivity index is 1.41. The summed E-state index contributed by atoms with van der Waals surface area (Å²) in [5.41, 5.74) is 0.532. The van der Waals surface area contributed by atoms with Gasteiger partial charge in [0.05, 0.1) is 18.8 Å². The number of ether oxygens (including phenoxy) is 2. The first-order valence-corrected chi connectivity index (χ1v) is 10.00. The number of amides is 2. The summed E-state index contributed by atoms with van der Waals surface area (Å²) in [4.78, 5) is 28.4. The van der Waals surface area contributed by atoms with Gasteiger partial charge in [0.2, 0.25) is 5.91 Å². The van der Waals surface area contributed by atoms with E-state index in [1.165, 1.54) is 0 Å². The average molecular weight is 391 g/mol. The molecule has 1 aromatic rings. The minimum absolute atomic E-state index is 0.0405. The third kappa shape index (κ3) is 5.73. The van der Waals surface area contributed by atoms with E-state index in [4.69, 9.17) is 9.47 Å². The van der Waals surface area contributed by atoms with Gasteiger partial charge < -0.3 is 25.2 Å². The van der Waals surface area contributed by atoms with Gasteiger partial charge in [0.1, 0.15) is 6.10 Å². The number of nitrogens with one attached hydrogen (secondary N) is 2. The van der Waals surface area contributed by atoms with Crippen LogP contribution in [0.1, 0.15) is 42.5 Å². The van der Waals surface area contributed by atoms with E-state index in [1.54, 1.807) is 24.5 Å². The summed E-state index contributed by atoms with van der Waals surface area (Å²) < 4.78 is 11.2. The molecule has 0 radical (unpaired) electrons. The first kappa shape index (κ1) is 20.7. The molecule has 3 heterocycles. The zero-order chi connectivity index (χ0) is 19.8. The molecule has 2 aliphatic heterocycles. The molecular weight excluding hydrogens is 362 g/mol. The van der Waals surface area contributed by atoms with Crippen molar-refractivity contribution < 1.29 is 24.2 Å². The Bertz CT molecular complexity index is 636. The van der Waals surface area contributed by atoms with Gasteiger partial charge in [-0.2, -0.15) is 0 Å². The molecule has 2 saturated heterocycles.